The van der Waals surface area contributed by atoms with Crippen molar-refractivity contribution >= 4 is 11.6 Å². The first-order valence-corrected chi connectivity index (χ1v) is 8.33. The Morgan fingerprint density at radius 3 is 2.25 bits per heavy atom. The fourth-order valence-corrected chi connectivity index (χ4v) is 4.17. The zero-order valence-electron chi connectivity index (χ0n) is 13.3. The minimum Gasteiger partial charge on any atom is -0.314 e. The minimum absolute atomic E-state index is 0.231. The van der Waals surface area contributed by atoms with Gasteiger partial charge in [-0.1, -0.05) is 70.3 Å². The summed E-state index contributed by atoms with van der Waals surface area (Å²) in [5, 5.41) is 4.57. The summed E-state index contributed by atoms with van der Waals surface area (Å²) in [6.45, 7) is 10.1. The number of hydrogen-bond donors (Lipinski definition) is 1. The second-order valence-corrected chi connectivity index (χ2v) is 7.26. The van der Waals surface area contributed by atoms with E-state index in [0.29, 0.717) is 11.5 Å². The van der Waals surface area contributed by atoms with E-state index in [1.165, 1.54) is 31.2 Å². The molecule has 1 fully saturated rings. The Hall–Kier alpha value is -0.530. The first-order valence-electron chi connectivity index (χ1n) is 7.95. The van der Waals surface area contributed by atoms with Crippen molar-refractivity contribution < 1.29 is 0 Å². The number of benzene rings is 1. The summed E-state index contributed by atoms with van der Waals surface area (Å²) < 4.78 is 0. The first kappa shape index (κ1) is 15.9. The van der Waals surface area contributed by atoms with Crippen LogP contribution in [0.4, 0.5) is 0 Å². The van der Waals surface area contributed by atoms with Crippen molar-refractivity contribution in [2.45, 2.75) is 64.8 Å². The predicted molar refractivity (Wildman–Crippen MR) is 88.5 cm³/mol. The predicted octanol–water partition coefficient (Wildman–Crippen LogP) is 5.18. The van der Waals surface area contributed by atoms with Crippen LogP contribution < -0.4 is 5.32 Å². The summed E-state index contributed by atoms with van der Waals surface area (Å²) in [6, 6.07) is 8.93. The molecule has 0 radical (unpaired) electrons. The van der Waals surface area contributed by atoms with E-state index in [9.17, 15) is 0 Å². The second-order valence-electron chi connectivity index (χ2n) is 6.86. The second kappa shape index (κ2) is 6.07. The van der Waals surface area contributed by atoms with Crippen LogP contribution in [0.2, 0.25) is 5.02 Å². The Balaban J connectivity index is 2.26. The van der Waals surface area contributed by atoms with Crippen LogP contribution in [0.15, 0.2) is 24.3 Å². The van der Waals surface area contributed by atoms with Crippen LogP contribution in [-0.2, 0) is 5.41 Å². The normalized spacial score (nSPS) is 19.9. The molecule has 0 amide bonds. The van der Waals surface area contributed by atoms with E-state index in [-0.39, 0.29) is 5.41 Å². The molecule has 1 nitrogen and oxygen atoms in total. The molecule has 0 spiro atoms. The van der Waals surface area contributed by atoms with Gasteiger partial charge in [-0.3, -0.25) is 0 Å². The van der Waals surface area contributed by atoms with Crippen molar-refractivity contribution in [2.24, 2.45) is 5.41 Å². The lowest BCUT2D eigenvalue weighted by Gasteiger charge is -2.57. The number of hydrogen-bond acceptors (Lipinski definition) is 1. The third-order valence-corrected chi connectivity index (χ3v) is 5.55. The van der Waals surface area contributed by atoms with E-state index in [2.05, 4.69) is 45.1 Å². The maximum atomic E-state index is 6.49. The molecule has 20 heavy (non-hydrogen) atoms. The van der Waals surface area contributed by atoms with Crippen LogP contribution in [-0.4, -0.2) is 12.6 Å². The zero-order valence-corrected chi connectivity index (χ0v) is 14.1. The van der Waals surface area contributed by atoms with E-state index in [0.717, 1.165) is 11.6 Å². The van der Waals surface area contributed by atoms with Crippen molar-refractivity contribution in [2.75, 3.05) is 6.54 Å². The minimum atomic E-state index is 0.231. The zero-order chi connectivity index (χ0) is 14.8. The highest BCUT2D eigenvalue weighted by Crippen LogP contribution is 2.59. The summed E-state index contributed by atoms with van der Waals surface area (Å²) in [4.78, 5) is 0. The third kappa shape index (κ3) is 2.89. The van der Waals surface area contributed by atoms with Crippen molar-refractivity contribution in [3.8, 4) is 0 Å². The smallest absolute Gasteiger partial charge is 0.0444 e. The first-order chi connectivity index (χ1) is 9.47. The molecule has 0 saturated heterocycles. The van der Waals surface area contributed by atoms with Gasteiger partial charge in [-0.15, -0.1) is 0 Å². The van der Waals surface area contributed by atoms with Crippen LogP contribution in [0.5, 0.6) is 0 Å². The van der Waals surface area contributed by atoms with Crippen LogP contribution in [0.3, 0.4) is 0 Å². The molecular formula is C18H28ClN. The molecule has 0 unspecified atom stereocenters. The summed E-state index contributed by atoms with van der Waals surface area (Å²) in [5.41, 5.74) is 2.10. The van der Waals surface area contributed by atoms with Gasteiger partial charge in [0.25, 0.3) is 0 Å². The topological polar surface area (TPSA) is 12.0 Å². The fourth-order valence-electron chi connectivity index (χ4n) is 3.84. The molecule has 1 N–H and O–H groups in total. The molecule has 1 aliphatic carbocycles. The lowest BCUT2D eigenvalue weighted by molar-refractivity contribution is 0.0119. The van der Waals surface area contributed by atoms with Gasteiger partial charge >= 0.3 is 0 Å². The molecule has 2 heteroatoms. The molecule has 0 aliphatic heterocycles. The average Bonchev–Trinajstić information content (AvgIpc) is 2.39. The monoisotopic (exact) mass is 293 g/mol. The van der Waals surface area contributed by atoms with Gasteiger partial charge in [-0.05, 0) is 29.9 Å². The van der Waals surface area contributed by atoms with Gasteiger partial charge in [0.1, 0.15) is 0 Å². The van der Waals surface area contributed by atoms with Crippen LogP contribution >= 0.6 is 11.6 Å². The van der Waals surface area contributed by atoms with Crippen molar-refractivity contribution in [3.05, 3.63) is 34.9 Å². The largest absolute Gasteiger partial charge is 0.314 e. The molecule has 0 atom stereocenters. The fraction of sp³-hybridized carbons (Fsp3) is 0.667. The molecule has 1 aromatic rings. The van der Waals surface area contributed by atoms with Gasteiger partial charge in [0, 0.05) is 23.0 Å². The lowest BCUT2D eigenvalue weighted by Crippen LogP contribution is -2.55. The van der Waals surface area contributed by atoms with Gasteiger partial charge in [-0.2, -0.15) is 0 Å². The summed E-state index contributed by atoms with van der Waals surface area (Å²) in [5.74, 6) is 0. The van der Waals surface area contributed by atoms with Gasteiger partial charge in [0.2, 0.25) is 0 Å². The maximum absolute atomic E-state index is 6.49. The molecule has 2 rings (SSSR count). The maximum Gasteiger partial charge on any atom is 0.0444 e. The van der Waals surface area contributed by atoms with E-state index < -0.39 is 0 Å². The van der Waals surface area contributed by atoms with Crippen LogP contribution in [0, 0.1) is 5.41 Å². The summed E-state index contributed by atoms with van der Waals surface area (Å²) >= 11 is 6.49. The van der Waals surface area contributed by atoms with Gasteiger partial charge in [0.05, 0.1) is 0 Å². The highest BCUT2D eigenvalue weighted by atomic mass is 35.5. The van der Waals surface area contributed by atoms with E-state index >= 15 is 0 Å². The SMILES string of the molecule is CCC1(CC)CC(CNC(C)C)(c2ccccc2Cl)C1. The average molecular weight is 294 g/mol. The third-order valence-electron chi connectivity index (χ3n) is 5.22. The standard InChI is InChI=1S/C18H28ClN/c1-5-17(6-2)11-18(12-17,13-20-14(3)4)15-9-7-8-10-16(15)19/h7-10,14,20H,5-6,11-13H2,1-4H3. The van der Waals surface area contributed by atoms with Crippen LogP contribution in [0.25, 0.3) is 0 Å². The van der Waals surface area contributed by atoms with Gasteiger partial charge < -0.3 is 5.32 Å². The Morgan fingerprint density at radius 2 is 1.75 bits per heavy atom. The molecule has 0 heterocycles. The van der Waals surface area contributed by atoms with E-state index in [1.54, 1.807) is 0 Å². The molecule has 0 bridgehead atoms. The van der Waals surface area contributed by atoms with Crippen molar-refractivity contribution in [1.82, 2.24) is 5.32 Å². The molecule has 1 aliphatic rings. The Morgan fingerprint density at radius 1 is 1.15 bits per heavy atom. The molecule has 1 aromatic carbocycles. The number of rotatable bonds is 6. The molecule has 0 aromatic heterocycles. The van der Waals surface area contributed by atoms with E-state index in [1.807, 2.05) is 12.1 Å². The molecule has 112 valence electrons. The lowest BCUT2D eigenvalue weighted by atomic mass is 9.48. The quantitative estimate of drug-likeness (QED) is 0.762. The van der Waals surface area contributed by atoms with Gasteiger partial charge in [0.15, 0.2) is 0 Å². The van der Waals surface area contributed by atoms with Crippen molar-refractivity contribution in [3.63, 3.8) is 0 Å². The molecule has 1 saturated carbocycles. The Bertz CT molecular complexity index is 440. The number of nitrogens with one attached hydrogen (secondary N) is 1. The highest BCUT2D eigenvalue weighted by Gasteiger charge is 2.53. The summed E-state index contributed by atoms with van der Waals surface area (Å²) in [7, 11) is 0. The highest BCUT2D eigenvalue weighted by molar-refractivity contribution is 6.31. The number of halogens is 1. The van der Waals surface area contributed by atoms with Crippen LogP contribution in [0.1, 0.15) is 58.9 Å². The van der Waals surface area contributed by atoms with E-state index in [4.69, 9.17) is 11.6 Å². The van der Waals surface area contributed by atoms with Crippen molar-refractivity contribution in [1.29, 1.82) is 0 Å². The van der Waals surface area contributed by atoms with Gasteiger partial charge in [-0.25, -0.2) is 0 Å². The summed E-state index contributed by atoms with van der Waals surface area (Å²) in [6.07, 6.45) is 5.07. The Kier molecular flexibility index (Phi) is 4.81. The Labute approximate surface area is 129 Å². The molecular weight excluding hydrogens is 266 g/mol.